The van der Waals surface area contributed by atoms with Crippen molar-refractivity contribution < 1.29 is 9.59 Å². The second-order valence-electron chi connectivity index (χ2n) is 10.3. The maximum atomic E-state index is 13.9. The first kappa shape index (κ1) is 24.5. The first-order chi connectivity index (χ1) is 18.8. The largest absolute Gasteiger partial charge is 0.323 e. The van der Waals surface area contributed by atoms with E-state index in [0.29, 0.717) is 23.9 Å². The summed E-state index contributed by atoms with van der Waals surface area (Å²) in [4.78, 5) is 42.0. The average Bonchev–Trinajstić information content (AvgIpc) is 3.71. The molecule has 9 nitrogen and oxygen atoms in total. The summed E-state index contributed by atoms with van der Waals surface area (Å²) in [5, 5.41) is 8.96. The molecule has 196 valence electrons. The van der Waals surface area contributed by atoms with E-state index in [-0.39, 0.29) is 11.9 Å². The Bertz CT molecular complexity index is 1600. The summed E-state index contributed by atoms with van der Waals surface area (Å²) < 4.78 is 0. The van der Waals surface area contributed by atoms with Crippen LogP contribution in [-0.4, -0.2) is 26.9 Å². The molecule has 2 aliphatic rings. The number of hydrogen-bond acceptors (Lipinski definition) is 6. The Kier molecular flexibility index (Phi) is 5.98. The van der Waals surface area contributed by atoms with Gasteiger partial charge in [-0.15, -0.1) is 0 Å². The Hall–Kier alpha value is -4.79. The van der Waals surface area contributed by atoms with E-state index < -0.39 is 5.41 Å². The van der Waals surface area contributed by atoms with Crippen molar-refractivity contribution in [3.05, 3.63) is 95.1 Å². The van der Waals surface area contributed by atoms with E-state index in [1.807, 2.05) is 75.4 Å². The van der Waals surface area contributed by atoms with Gasteiger partial charge in [-0.3, -0.25) is 9.78 Å². The van der Waals surface area contributed by atoms with Crippen molar-refractivity contribution in [3.8, 4) is 0 Å². The van der Waals surface area contributed by atoms with Crippen molar-refractivity contribution in [1.29, 1.82) is 0 Å². The van der Waals surface area contributed by atoms with Crippen LogP contribution < -0.4 is 20.9 Å². The lowest BCUT2D eigenvalue weighted by Gasteiger charge is -2.34. The number of aryl methyl sites for hydroxylation is 3. The number of carbonyl (C=O) groups excluding carboxylic acids is 2. The first-order valence-electron chi connectivity index (χ1n) is 12.9. The monoisotopic (exact) mass is 519 g/mol. The fraction of sp³-hybridized carbons (Fsp3) is 0.233. The van der Waals surface area contributed by atoms with Crippen LogP contribution in [0.25, 0.3) is 0 Å². The Balaban J connectivity index is 1.24. The lowest BCUT2D eigenvalue weighted by atomic mass is 9.91. The lowest BCUT2D eigenvalue weighted by molar-refractivity contribution is -0.121. The van der Waals surface area contributed by atoms with E-state index in [2.05, 4.69) is 25.9 Å². The summed E-state index contributed by atoms with van der Waals surface area (Å²) >= 11 is 0. The van der Waals surface area contributed by atoms with Crippen LogP contribution in [0.2, 0.25) is 0 Å². The van der Waals surface area contributed by atoms with Gasteiger partial charge in [0, 0.05) is 34.5 Å². The number of pyridine rings is 1. The molecule has 3 N–H and O–H groups in total. The van der Waals surface area contributed by atoms with E-state index in [1.165, 1.54) is 0 Å². The minimum absolute atomic E-state index is 0.0288. The van der Waals surface area contributed by atoms with Crippen molar-refractivity contribution in [2.75, 3.05) is 20.9 Å². The molecule has 1 fully saturated rings. The van der Waals surface area contributed by atoms with Crippen LogP contribution in [0.4, 0.5) is 33.5 Å². The topological polar surface area (TPSA) is 112 Å². The highest BCUT2D eigenvalue weighted by molar-refractivity contribution is 6.06. The molecule has 4 aromatic rings. The molecule has 0 saturated heterocycles. The van der Waals surface area contributed by atoms with Gasteiger partial charge in [-0.25, -0.2) is 14.8 Å². The van der Waals surface area contributed by atoms with Gasteiger partial charge < -0.3 is 20.9 Å². The summed E-state index contributed by atoms with van der Waals surface area (Å²) in [5.74, 6) is 0.482. The second kappa shape index (κ2) is 9.50. The van der Waals surface area contributed by atoms with Gasteiger partial charge in [0.2, 0.25) is 11.9 Å². The molecule has 0 unspecified atom stereocenters. The maximum absolute atomic E-state index is 13.9. The third-order valence-corrected chi connectivity index (χ3v) is 7.25. The van der Waals surface area contributed by atoms with Crippen molar-refractivity contribution in [1.82, 2.24) is 15.0 Å². The highest BCUT2D eigenvalue weighted by atomic mass is 16.2. The Morgan fingerprint density at radius 3 is 2.38 bits per heavy atom. The summed E-state index contributed by atoms with van der Waals surface area (Å²) in [5.41, 5.74) is 6.88. The van der Waals surface area contributed by atoms with Gasteiger partial charge >= 0.3 is 6.03 Å². The van der Waals surface area contributed by atoms with E-state index in [1.54, 1.807) is 17.3 Å². The SMILES string of the molecule is Cc1cccc(NC(=O)Nc2ccc(C)c(N3Cc4cnc(Nc5ccc(C)nc5)nc4C4(CC4)C3=O)c2)c1. The number of hydrogen-bond donors (Lipinski definition) is 3. The van der Waals surface area contributed by atoms with Gasteiger partial charge in [0.1, 0.15) is 0 Å². The van der Waals surface area contributed by atoms with E-state index in [0.717, 1.165) is 52.3 Å². The Morgan fingerprint density at radius 1 is 0.897 bits per heavy atom. The molecule has 6 rings (SSSR count). The van der Waals surface area contributed by atoms with E-state index in [9.17, 15) is 9.59 Å². The van der Waals surface area contributed by atoms with Crippen LogP contribution in [0, 0.1) is 20.8 Å². The molecule has 1 aliphatic carbocycles. The zero-order valence-electron chi connectivity index (χ0n) is 22.1. The van der Waals surface area contributed by atoms with Crippen LogP contribution in [0.5, 0.6) is 0 Å². The molecule has 2 aromatic carbocycles. The van der Waals surface area contributed by atoms with Gasteiger partial charge in [0.15, 0.2) is 0 Å². The van der Waals surface area contributed by atoms with Gasteiger partial charge in [-0.2, -0.15) is 0 Å². The highest BCUT2D eigenvalue weighted by Crippen LogP contribution is 2.53. The van der Waals surface area contributed by atoms with E-state index in [4.69, 9.17) is 4.98 Å². The third kappa shape index (κ3) is 4.79. The van der Waals surface area contributed by atoms with Crippen molar-refractivity contribution in [2.45, 2.75) is 45.6 Å². The fourth-order valence-corrected chi connectivity index (χ4v) is 5.03. The maximum Gasteiger partial charge on any atom is 0.323 e. The predicted octanol–water partition coefficient (Wildman–Crippen LogP) is 5.76. The van der Waals surface area contributed by atoms with E-state index >= 15 is 0 Å². The standard InChI is InChI=1S/C30H29N7O2/c1-18-5-4-6-22(13-18)34-29(39)35-23-9-7-19(2)25(14-23)37-17-21-15-32-28(33-24-10-8-20(3)31-16-24)36-26(21)30(11-12-30)27(37)38/h4-10,13-16H,11-12,17H2,1-3H3,(H,32,33,36)(H2,34,35,39). The number of nitrogens with one attached hydrogen (secondary N) is 3. The molecule has 2 aromatic heterocycles. The lowest BCUT2D eigenvalue weighted by Crippen LogP contribution is -2.45. The average molecular weight is 520 g/mol. The van der Waals surface area contributed by atoms with Crippen LogP contribution >= 0.6 is 0 Å². The Morgan fingerprint density at radius 2 is 1.67 bits per heavy atom. The zero-order chi connectivity index (χ0) is 27.1. The summed E-state index contributed by atoms with van der Waals surface area (Å²) in [6, 6.07) is 16.7. The van der Waals surface area contributed by atoms with Gasteiger partial charge in [0.05, 0.1) is 29.5 Å². The molecule has 9 heteroatoms. The van der Waals surface area contributed by atoms with Crippen molar-refractivity contribution in [2.24, 2.45) is 0 Å². The minimum atomic E-state index is -0.642. The number of benzene rings is 2. The first-order valence-corrected chi connectivity index (χ1v) is 12.9. The fourth-order valence-electron chi connectivity index (χ4n) is 5.03. The minimum Gasteiger partial charge on any atom is -0.323 e. The quantitative estimate of drug-likeness (QED) is 0.309. The van der Waals surface area contributed by atoms with Crippen molar-refractivity contribution >= 4 is 40.6 Å². The number of carbonyl (C=O) groups is 2. The molecular formula is C30H29N7O2. The molecule has 1 saturated carbocycles. The molecule has 1 aliphatic heterocycles. The molecule has 3 amide bonds. The molecule has 1 spiro atoms. The second-order valence-corrected chi connectivity index (χ2v) is 10.3. The van der Waals surface area contributed by atoms with Gasteiger partial charge in [-0.1, -0.05) is 18.2 Å². The number of rotatable bonds is 5. The van der Waals surface area contributed by atoms with Crippen LogP contribution in [0.15, 0.2) is 67.0 Å². The summed E-state index contributed by atoms with van der Waals surface area (Å²) in [7, 11) is 0. The van der Waals surface area contributed by atoms with Gasteiger partial charge in [0.25, 0.3) is 0 Å². The molecule has 3 heterocycles. The van der Waals surface area contributed by atoms with Crippen molar-refractivity contribution in [3.63, 3.8) is 0 Å². The molecular weight excluding hydrogens is 490 g/mol. The summed E-state index contributed by atoms with van der Waals surface area (Å²) in [6.45, 7) is 6.23. The number of fused-ring (bicyclic) bond motifs is 2. The number of amides is 3. The summed E-state index contributed by atoms with van der Waals surface area (Å²) in [6.07, 6.45) is 5.03. The highest BCUT2D eigenvalue weighted by Gasteiger charge is 2.58. The number of urea groups is 1. The predicted molar refractivity (Wildman–Crippen MR) is 151 cm³/mol. The third-order valence-electron chi connectivity index (χ3n) is 7.25. The molecule has 0 bridgehead atoms. The molecule has 0 radical (unpaired) electrons. The molecule has 39 heavy (non-hydrogen) atoms. The normalized spacial score (nSPS) is 15.1. The van der Waals surface area contributed by atoms with Crippen LogP contribution in [-0.2, 0) is 16.8 Å². The Labute approximate surface area is 226 Å². The zero-order valence-corrected chi connectivity index (χ0v) is 22.1. The number of nitrogens with zero attached hydrogens (tertiary/aromatic N) is 4. The smallest absolute Gasteiger partial charge is 0.323 e. The van der Waals surface area contributed by atoms with Crippen LogP contribution in [0.1, 0.15) is 40.9 Å². The molecule has 0 atom stereocenters. The number of aromatic nitrogens is 3. The van der Waals surface area contributed by atoms with Gasteiger partial charge in [-0.05, 0) is 81.1 Å². The number of anilines is 5. The van der Waals surface area contributed by atoms with Crippen LogP contribution in [0.3, 0.4) is 0 Å².